The van der Waals surface area contributed by atoms with Crippen LogP contribution in [0.25, 0.3) is 0 Å². The number of aryl methyl sites for hydroxylation is 1. The minimum atomic E-state index is -0.522. The predicted molar refractivity (Wildman–Crippen MR) is 81.1 cm³/mol. The Morgan fingerprint density at radius 2 is 2.19 bits per heavy atom. The number of hydrogen-bond donors (Lipinski definition) is 1. The van der Waals surface area contributed by atoms with Gasteiger partial charge in [-0.1, -0.05) is 23.4 Å². The summed E-state index contributed by atoms with van der Waals surface area (Å²) in [5.74, 6) is 0.0328. The van der Waals surface area contributed by atoms with Crippen LogP contribution in [-0.2, 0) is 11.8 Å². The first-order valence-corrected chi connectivity index (χ1v) is 7.43. The second kappa shape index (κ2) is 6.44. The molecule has 8 heteroatoms. The van der Waals surface area contributed by atoms with Gasteiger partial charge in [0.2, 0.25) is 5.91 Å². The Kier molecular flexibility index (Phi) is 4.84. The first kappa shape index (κ1) is 15.8. The van der Waals surface area contributed by atoms with Gasteiger partial charge in [-0.15, -0.1) is 10.2 Å². The van der Waals surface area contributed by atoms with Gasteiger partial charge in [0.1, 0.15) is 11.6 Å². The fraction of sp³-hybridized carbons (Fsp3) is 0.308. The Labute approximate surface area is 130 Å². The van der Waals surface area contributed by atoms with Gasteiger partial charge in [0.15, 0.2) is 5.16 Å². The number of aromatic nitrogens is 3. The van der Waals surface area contributed by atoms with Crippen LogP contribution < -0.4 is 5.32 Å². The van der Waals surface area contributed by atoms with Crippen LogP contribution in [0.1, 0.15) is 12.7 Å². The van der Waals surface area contributed by atoms with Gasteiger partial charge in [0, 0.05) is 12.7 Å². The molecule has 1 aromatic carbocycles. The molecule has 0 aliphatic carbocycles. The van der Waals surface area contributed by atoms with Crippen LogP contribution in [0.2, 0.25) is 5.02 Å². The minimum Gasteiger partial charge on any atom is -0.325 e. The highest BCUT2D eigenvalue weighted by Crippen LogP contribution is 2.24. The molecule has 0 radical (unpaired) electrons. The van der Waals surface area contributed by atoms with Gasteiger partial charge in [-0.2, -0.15) is 0 Å². The van der Waals surface area contributed by atoms with Crippen molar-refractivity contribution in [2.75, 3.05) is 5.32 Å². The zero-order valence-electron chi connectivity index (χ0n) is 11.7. The third kappa shape index (κ3) is 3.74. The van der Waals surface area contributed by atoms with Gasteiger partial charge in [0.05, 0.1) is 10.3 Å². The number of nitrogens with one attached hydrogen (secondary N) is 1. The van der Waals surface area contributed by atoms with Crippen LogP contribution in [0, 0.1) is 12.7 Å². The molecule has 0 unspecified atom stereocenters. The fourth-order valence-corrected chi connectivity index (χ4v) is 2.56. The molecule has 2 aromatic rings. The molecule has 1 N–H and O–H groups in total. The molecule has 0 fully saturated rings. The highest BCUT2D eigenvalue weighted by Gasteiger charge is 2.18. The number of rotatable bonds is 4. The van der Waals surface area contributed by atoms with Crippen LogP contribution in [-0.4, -0.2) is 25.9 Å². The van der Waals surface area contributed by atoms with E-state index in [1.54, 1.807) is 6.92 Å². The van der Waals surface area contributed by atoms with Crippen molar-refractivity contribution in [3.8, 4) is 0 Å². The summed E-state index contributed by atoms with van der Waals surface area (Å²) in [4.78, 5) is 12.1. The summed E-state index contributed by atoms with van der Waals surface area (Å²) >= 11 is 6.97. The summed E-state index contributed by atoms with van der Waals surface area (Å²) in [6, 6.07) is 4.05. The lowest BCUT2D eigenvalue weighted by atomic mass is 10.3. The average Bonchev–Trinajstić information content (AvgIpc) is 2.75. The van der Waals surface area contributed by atoms with E-state index in [-0.39, 0.29) is 16.2 Å². The third-order valence-electron chi connectivity index (χ3n) is 2.89. The van der Waals surface area contributed by atoms with Crippen LogP contribution in [0.4, 0.5) is 10.1 Å². The maximum atomic E-state index is 13.1. The van der Waals surface area contributed by atoms with Gasteiger partial charge in [0.25, 0.3) is 0 Å². The predicted octanol–water partition coefficient (Wildman–Crippen LogP) is 3.04. The van der Waals surface area contributed by atoms with E-state index in [0.29, 0.717) is 10.8 Å². The number of hydrogen-bond acceptors (Lipinski definition) is 4. The number of thioether (sulfide) groups is 1. The van der Waals surface area contributed by atoms with Crippen molar-refractivity contribution >= 4 is 35.0 Å². The molecule has 0 saturated carbocycles. The normalized spacial score (nSPS) is 12.2. The molecule has 1 amide bonds. The molecule has 0 aliphatic rings. The van der Waals surface area contributed by atoms with E-state index in [4.69, 9.17) is 11.6 Å². The van der Waals surface area contributed by atoms with Gasteiger partial charge >= 0.3 is 0 Å². The Balaban J connectivity index is 2.02. The fourth-order valence-electron chi connectivity index (χ4n) is 1.52. The van der Waals surface area contributed by atoms with Gasteiger partial charge in [-0.25, -0.2) is 4.39 Å². The number of amides is 1. The van der Waals surface area contributed by atoms with Crippen molar-refractivity contribution in [1.82, 2.24) is 14.8 Å². The van der Waals surface area contributed by atoms with Crippen molar-refractivity contribution in [2.24, 2.45) is 7.05 Å². The lowest BCUT2D eigenvalue weighted by Gasteiger charge is -2.11. The first-order valence-electron chi connectivity index (χ1n) is 6.17. The second-order valence-corrected chi connectivity index (χ2v) is 6.18. The third-order valence-corrected chi connectivity index (χ3v) is 4.31. The number of halogens is 2. The van der Waals surface area contributed by atoms with E-state index >= 15 is 0 Å². The topological polar surface area (TPSA) is 59.8 Å². The first-order chi connectivity index (χ1) is 9.88. The summed E-state index contributed by atoms with van der Waals surface area (Å²) < 4.78 is 14.9. The molecule has 0 spiro atoms. The van der Waals surface area contributed by atoms with Gasteiger partial charge < -0.3 is 9.88 Å². The molecular formula is C13H14ClFN4OS. The van der Waals surface area contributed by atoms with E-state index < -0.39 is 5.82 Å². The van der Waals surface area contributed by atoms with Crippen LogP contribution in [0.5, 0.6) is 0 Å². The lowest BCUT2D eigenvalue weighted by molar-refractivity contribution is -0.115. The molecule has 2 rings (SSSR count). The zero-order chi connectivity index (χ0) is 15.6. The van der Waals surface area contributed by atoms with Crippen LogP contribution >= 0.6 is 23.4 Å². The standard InChI is InChI=1S/C13H14ClFN4OS/c1-7(21-13-18-17-8(2)19(13)3)12(20)16-9-4-5-11(15)10(14)6-9/h4-7H,1-3H3,(H,16,20)/t7-/m1/s1. The maximum Gasteiger partial charge on any atom is 0.237 e. The van der Waals surface area contributed by atoms with E-state index in [0.717, 1.165) is 5.82 Å². The number of anilines is 1. The summed E-state index contributed by atoms with van der Waals surface area (Å²) in [6.45, 7) is 3.59. The average molecular weight is 329 g/mol. The maximum absolute atomic E-state index is 13.1. The SMILES string of the molecule is Cc1nnc(S[C@H](C)C(=O)Nc2ccc(F)c(Cl)c2)n1C. The molecule has 0 bridgehead atoms. The molecule has 1 atom stereocenters. The largest absolute Gasteiger partial charge is 0.325 e. The Hall–Kier alpha value is -1.60. The molecule has 1 aromatic heterocycles. The summed E-state index contributed by atoms with van der Waals surface area (Å²) in [7, 11) is 1.84. The van der Waals surface area contributed by atoms with E-state index in [2.05, 4.69) is 15.5 Å². The number of carbonyl (C=O) groups is 1. The molecule has 0 aliphatic heterocycles. The molecular weight excluding hydrogens is 315 g/mol. The summed E-state index contributed by atoms with van der Waals surface area (Å²) in [6.07, 6.45) is 0. The summed E-state index contributed by atoms with van der Waals surface area (Å²) in [5, 5.41) is 10.9. The quantitative estimate of drug-likeness (QED) is 0.876. The zero-order valence-corrected chi connectivity index (χ0v) is 13.3. The van der Waals surface area contributed by atoms with Gasteiger partial charge in [-0.3, -0.25) is 4.79 Å². The van der Waals surface area contributed by atoms with Crippen molar-refractivity contribution in [3.63, 3.8) is 0 Å². The Morgan fingerprint density at radius 3 is 2.76 bits per heavy atom. The van der Waals surface area contributed by atoms with Crippen molar-refractivity contribution < 1.29 is 9.18 Å². The minimum absolute atomic E-state index is 0.0305. The number of nitrogens with zero attached hydrogens (tertiary/aromatic N) is 3. The van der Waals surface area contributed by atoms with Crippen molar-refractivity contribution in [2.45, 2.75) is 24.3 Å². The molecule has 1 heterocycles. The van der Waals surface area contributed by atoms with Crippen LogP contribution in [0.15, 0.2) is 23.4 Å². The van der Waals surface area contributed by atoms with E-state index in [9.17, 15) is 9.18 Å². The highest BCUT2D eigenvalue weighted by molar-refractivity contribution is 8.00. The molecule has 5 nitrogen and oxygen atoms in total. The lowest BCUT2D eigenvalue weighted by Crippen LogP contribution is -2.22. The Morgan fingerprint density at radius 1 is 1.48 bits per heavy atom. The van der Waals surface area contributed by atoms with E-state index in [1.165, 1.54) is 30.0 Å². The highest BCUT2D eigenvalue weighted by atomic mass is 35.5. The smallest absolute Gasteiger partial charge is 0.237 e. The number of carbonyl (C=O) groups excluding carboxylic acids is 1. The molecule has 0 saturated heterocycles. The van der Waals surface area contributed by atoms with E-state index in [1.807, 2.05) is 18.5 Å². The second-order valence-electron chi connectivity index (χ2n) is 4.47. The summed E-state index contributed by atoms with van der Waals surface area (Å²) in [5.41, 5.74) is 0.452. The number of benzene rings is 1. The van der Waals surface area contributed by atoms with Gasteiger partial charge in [-0.05, 0) is 32.0 Å². The Bertz CT molecular complexity index is 676. The molecule has 112 valence electrons. The van der Waals surface area contributed by atoms with Crippen molar-refractivity contribution in [3.05, 3.63) is 34.9 Å². The van der Waals surface area contributed by atoms with Crippen LogP contribution in [0.3, 0.4) is 0 Å². The monoisotopic (exact) mass is 328 g/mol. The molecule has 21 heavy (non-hydrogen) atoms. The van der Waals surface area contributed by atoms with Crippen molar-refractivity contribution in [1.29, 1.82) is 0 Å².